The Bertz CT molecular complexity index is 1190. The summed E-state index contributed by atoms with van der Waals surface area (Å²) in [6.07, 6.45) is 1.87. The van der Waals surface area contributed by atoms with Crippen molar-refractivity contribution in [3.8, 4) is 0 Å². The molecular formula is C24H22N2O3. The first-order chi connectivity index (χ1) is 14.0. The lowest BCUT2D eigenvalue weighted by atomic mass is 10.0. The number of fused-ring (bicyclic) bond motifs is 3. The van der Waals surface area contributed by atoms with Crippen molar-refractivity contribution in [3.05, 3.63) is 72.5 Å². The zero-order valence-electron chi connectivity index (χ0n) is 16.4. The van der Waals surface area contributed by atoms with E-state index in [9.17, 15) is 9.59 Å². The second-order valence-corrected chi connectivity index (χ2v) is 7.37. The highest BCUT2D eigenvalue weighted by molar-refractivity contribution is 6.09. The largest absolute Gasteiger partial charge is 0.464 e. The lowest BCUT2D eigenvalue weighted by molar-refractivity contribution is -0.119. The van der Waals surface area contributed by atoms with Crippen LogP contribution in [0.15, 0.2) is 71.3 Å². The molecule has 0 spiro atoms. The first-order valence-electron chi connectivity index (χ1n) is 9.60. The van der Waals surface area contributed by atoms with E-state index >= 15 is 0 Å². The number of amides is 2. The average molecular weight is 386 g/mol. The van der Waals surface area contributed by atoms with Crippen LogP contribution in [0.25, 0.3) is 21.7 Å². The number of carbonyl (C=O) groups excluding carboxylic acids is 2. The highest BCUT2D eigenvalue weighted by atomic mass is 16.3. The van der Waals surface area contributed by atoms with Crippen LogP contribution in [-0.2, 0) is 16.0 Å². The number of anilines is 2. The molecule has 0 radical (unpaired) electrons. The lowest BCUT2D eigenvalue weighted by Crippen LogP contribution is -2.18. The van der Waals surface area contributed by atoms with Gasteiger partial charge in [0.15, 0.2) is 0 Å². The Morgan fingerprint density at radius 2 is 1.59 bits per heavy atom. The summed E-state index contributed by atoms with van der Waals surface area (Å²) in [7, 11) is 0. The van der Waals surface area contributed by atoms with Gasteiger partial charge in [-0.25, -0.2) is 0 Å². The molecule has 0 aliphatic carbocycles. The zero-order chi connectivity index (χ0) is 20.4. The molecule has 2 amide bonds. The van der Waals surface area contributed by atoms with Crippen LogP contribution in [0.4, 0.5) is 11.4 Å². The molecule has 1 aromatic heterocycles. The van der Waals surface area contributed by atoms with Crippen LogP contribution in [-0.4, -0.2) is 11.8 Å². The number of nitrogens with one attached hydrogen (secondary N) is 2. The maximum absolute atomic E-state index is 12.6. The minimum atomic E-state index is -0.125. The van der Waals surface area contributed by atoms with Crippen LogP contribution in [0.2, 0.25) is 0 Å². The van der Waals surface area contributed by atoms with E-state index in [-0.39, 0.29) is 24.2 Å². The number of hydrogen-bond donors (Lipinski definition) is 2. The minimum absolute atomic E-state index is 0.0409. The second-order valence-electron chi connectivity index (χ2n) is 7.37. The number of furan rings is 1. The first kappa shape index (κ1) is 18.7. The van der Waals surface area contributed by atoms with Gasteiger partial charge in [0.05, 0.1) is 12.7 Å². The van der Waals surface area contributed by atoms with E-state index < -0.39 is 0 Å². The summed E-state index contributed by atoms with van der Waals surface area (Å²) in [4.78, 5) is 24.4. The Hall–Kier alpha value is -3.60. The van der Waals surface area contributed by atoms with Gasteiger partial charge in [0, 0.05) is 28.2 Å². The van der Waals surface area contributed by atoms with Crippen molar-refractivity contribution in [2.24, 2.45) is 5.92 Å². The van der Waals surface area contributed by atoms with Gasteiger partial charge in [0.1, 0.15) is 5.58 Å². The molecule has 0 atom stereocenters. The fraction of sp³-hybridized carbons (Fsp3) is 0.167. The van der Waals surface area contributed by atoms with Crippen molar-refractivity contribution in [1.82, 2.24) is 0 Å². The third kappa shape index (κ3) is 3.99. The van der Waals surface area contributed by atoms with E-state index in [1.54, 1.807) is 30.5 Å². The molecule has 0 saturated carbocycles. The van der Waals surface area contributed by atoms with Gasteiger partial charge < -0.3 is 15.1 Å². The summed E-state index contributed by atoms with van der Waals surface area (Å²) in [5.41, 5.74) is 3.01. The summed E-state index contributed by atoms with van der Waals surface area (Å²) in [6.45, 7) is 3.68. The van der Waals surface area contributed by atoms with E-state index in [1.165, 1.54) is 0 Å². The van der Waals surface area contributed by atoms with Crippen molar-refractivity contribution in [3.63, 3.8) is 0 Å². The molecule has 0 fully saturated rings. The molecule has 5 nitrogen and oxygen atoms in total. The van der Waals surface area contributed by atoms with Gasteiger partial charge in [-0.1, -0.05) is 44.2 Å². The van der Waals surface area contributed by atoms with Gasteiger partial charge >= 0.3 is 0 Å². The molecule has 1 heterocycles. The summed E-state index contributed by atoms with van der Waals surface area (Å²) >= 11 is 0. The Balaban J connectivity index is 1.49. The molecule has 0 aliphatic rings. The van der Waals surface area contributed by atoms with Crippen LogP contribution in [0.1, 0.15) is 19.4 Å². The monoisotopic (exact) mass is 386 g/mol. The third-order valence-corrected chi connectivity index (χ3v) is 4.85. The van der Waals surface area contributed by atoms with Crippen LogP contribution >= 0.6 is 0 Å². The van der Waals surface area contributed by atoms with Gasteiger partial charge in [0.2, 0.25) is 11.8 Å². The highest BCUT2D eigenvalue weighted by Crippen LogP contribution is 2.30. The van der Waals surface area contributed by atoms with Gasteiger partial charge in [-0.2, -0.15) is 0 Å². The Morgan fingerprint density at radius 3 is 2.31 bits per heavy atom. The van der Waals surface area contributed by atoms with Gasteiger partial charge in [-0.3, -0.25) is 9.59 Å². The topological polar surface area (TPSA) is 71.3 Å². The van der Waals surface area contributed by atoms with E-state index in [2.05, 4.69) is 10.6 Å². The van der Waals surface area contributed by atoms with Gasteiger partial charge in [0.25, 0.3) is 0 Å². The normalized spacial score (nSPS) is 11.1. The van der Waals surface area contributed by atoms with Crippen molar-refractivity contribution in [2.75, 3.05) is 10.6 Å². The van der Waals surface area contributed by atoms with E-state index in [0.29, 0.717) is 11.4 Å². The molecular weight excluding hydrogens is 364 g/mol. The van der Waals surface area contributed by atoms with Gasteiger partial charge in [-0.15, -0.1) is 0 Å². The maximum atomic E-state index is 12.6. The van der Waals surface area contributed by atoms with E-state index in [0.717, 1.165) is 27.3 Å². The summed E-state index contributed by atoms with van der Waals surface area (Å²) in [5, 5.41) is 8.90. The zero-order valence-corrected chi connectivity index (χ0v) is 16.4. The molecule has 2 N–H and O–H groups in total. The second kappa shape index (κ2) is 7.80. The maximum Gasteiger partial charge on any atom is 0.228 e. The van der Waals surface area contributed by atoms with Crippen molar-refractivity contribution < 1.29 is 14.0 Å². The molecule has 4 rings (SSSR count). The number of benzene rings is 3. The lowest BCUT2D eigenvalue weighted by Gasteiger charge is -2.09. The molecule has 3 aromatic carbocycles. The summed E-state index contributed by atoms with van der Waals surface area (Å²) < 4.78 is 5.66. The smallest absolute Gasteiger partial charge is 0.228 e. The third-order valence-electron chi connectivity index (χ3n) is 4.85. The Labute approximate surface area is 168 Å². The Morgan fingerprint density at radius 1 is 0.897 bits per heavy atom. The minimum Gasteiger partial charge on any atom is -0.464 e. The molecule has 5 heteroatoms. The molecule has 4 aromatic rings. The molecule has 29 heavy (non-hydrogen) atoms. The fourth-order valence-corrected chi connectivity index (χ4v) is 3.31. The van der Waals surface area contributed by atoms with Crippen LogP contribution in [0.3, 0.4) is 0 Å². The molecule has 0 saturated heterocycles. The SMILES string of the molecule is CC(C)C(=O)Nc1ccc(NC(=O)Cc2coc3ccc4ccccc4c23)cc1. The molecule has 0 bridgehead atoms. The predicted molar refractivity (Wildman–Crippen MR) is 116 cm³/mol. The molecule has 0 unspecified atom stereocenters. The van der Waals surface area contributed by atoms with Gasteiger partial charge in [-0.05, 0) is 41.1 Å². The highest BCUT2D eigenvalue weighted by Gasteiger charge is 2.13. The predicted octanol–water partition coefficient (Wildman–Crippen LogP) is 5.36. The summed E-state index contributed by atoms with van der Waals surface area (Å²) in [6, 6.07) is 19.1. The number of rotatable bonds is 5. The summed E-state index contributed by atoms with van der Waals surface area (Å²) in [5.74, 6) is -0.254. The average Bonchev–Trinajstić information content (AvgIpc) is 3.12. The standard InChI is InChI=1S/C24H22N2O3/c1-15(2)24(28)26-19-10-8-18(9-11-19)25-22(27)13-17-14-29-21-12-7-16-5-3-4-6-20(16)23(17)21/h3-12,14-15H,13H2,1-2H3,(H,25,27)(H,26,28). The van der Waals surface area contributed by atoms with Crippen molar-refractivity contribution in [1.29, 1.82) is 0 Å². The molecule has 0 aliphatic heterocycles. The van der Waals surface area contributed by atoms with Crippen LogP contribution in [0.5, 0.6) is 0 Å². The van der Waals surface area contributed by atoms with E-state index in [4.69, 9.17) is 4.42 Å². The number of hydrogen-bond acceptors (Lipinski definition) is 3. The van der Waals surface area contributed by atoms with Crippen molar-refractivity contribution >= 4 is 44.9 Å². The Kier molecular flexibility index (Phi) is 5.04. The van der Waals surface area contributed by atoms with Crippen LogP contribution < -0.4 is 10.6 Å². The van der Waals surface area contributed by atoms with Crippen molar-refractivity contribution in [2.45, 2.75) is 20.3 Å². The van der Waals surface area contributed by atoms with Crippen LogP contribution in [0, 0.1) is 5.92 Å². The van der Waals surface area contributed by atoms with E-state index in [1.807, 2.05) is 50.2 Å². The molecule has 146 valence electrons. The fourth-order valence-electron chi connectivity index (χ4n) is 3.31. The number of carbonyl (C=O) groups is 2. The first-order valence-corrected chi connectivity index (χ1v) is 9.60. The quantitative estimate of drug-likeness (QED) is 0.485.